The Kier molecular flexibility index (Phi) is 9.14. The molecule has 4 rings (SSSR count). The number of rotatable bonds is 11. The van der Waals surface area contributed by atoms with Crippen LogP contribution in [0.1, 0.15) is 58.8 Å². The van der Waals surface area contributed by atoms with Crippen LogP contribution < -0.4 is 10.6 Å². The minimum Gasteiger partial charge on any atom is -0.481 e. The molecule has 0 aromatic heterocycles. The van der Waals surface area contributed by atoms with Crippen molar-refractivity contribution >= 4 is 23.6 Å². The van der Waals surface area contributed by atoms with Crippen LogP contribution in [0.5, 0.6) is 0 Å². The monoisotopic (exact) mass is 513 g/mol. The molecule has 3 aromatic rings. The lowest BCUT2D eigenvalue weighted by atomic mass is 10.1. The fraction of sp³-hybridized carbons (Fsp3) is 0.323. The number of benzene rings is 3. The Morgan fingerprint density at radius 2 is 1.53 bits per heavy atom. The molecule has 0 aliphatic heterocycles. The molecule has 38 heavy (non-hydrogen) atoms. The van der Waals surface area contributed by atoms with Gasteiger partial charge in [-0.3, -0.25) is 9.59 Å². The number of nitrogens with zero attached hydrogens (tertiary/aromatic N) is 1. The van der Waals surface area contributed by atoms with Crippen molar-refractivity contribution in [2.75, 3.05) is 11.9 Å². The number of carbonyl (C=O) groups excluding carboxylic acids is 2. The number of aliphatic carboxylic acids is 1. The van der Waals surface area contributed by atoms with E-state index in [1.807, 2.05) is 41.3 Å². The zero-order valence-electron chi connectivity index (χ0n) is 21.8. The third-order valence-corrected chi connectivity index (χ3v) is 6.95. The molecule has 3 amide bonds. The molecular formula is C31H35N3O4. The number of carbonyl (C=O) groups is 3. The SMILES string of the molecule is CCCCc1ccc(NC(=O)N(Cc2ccc(C(=O)NCCC(=O)O)cc2)C2Cc3ccccc3C2)cc1. The average molecular weight is 514 g/mol. The number of fused-ring (bicyclic) bond motifs is 1. The summed E-state index contributed by atoms with van der Waals surface area (Å²) in [6, 6.07) is 23.4. The quantitative estimate of drug-likeness (QED) is 0.318. The third kappa shape index (κ3) is 7.22. The summed E-state index contributed by atoms with van der Waals surface area (Å²) in [5.74, 6) is -1.28. The Morgan fingerprint density at radius 3 is 2.13 bits per heavy atom. The summed E-state index contributed by atoms with van der Waals surface area (Å²) >= 11 is 0. The number of anilines is 1. The lowest BCUT2D eigenvalue weighted by Gasteiger charge is -2.29. The molecule has 198 valence electrons. The number of aryl methyl sites for hydroxylation is 1. The molecule has 0 atom stereocenters. The second-order valence-electron chi connectivity index (χ2n) is 9.79. The summed E-state index contributed by atoms with van der Waals surface area (Å²) in [7, 11) is 0. The van der Waals surface area contributed by atoms with E-state index in [2.05, 4.69) is 41.8 Å². The molecule has 3 aromatic carbocycles. The van der Waals surface area contributed by atoms with Crippen molar-refractivity contribution < 1.29 is 19.5 Å². The van der Waals surface area contributed by atoms with Gasteiger partial charge >= 0.3 is 12.0 Å². The van der Waals surface area contributed by atoms with E-state index >= 15 is 0 Å². The van der Waals surface area contributed by atoms with Crippen LogP contribution in [0.2, 0.25) is 0 Å². The van der Waals surface area contributed by atoms with Crippen LogP contribution in [-0.2, 0) is 30.6 Å². The highest BCUT2D eigenvalue weighted by Gasteiger charge is 2.30. The lowest BCUT2D eigenvalue weighted by Crippen LogP contribution is -2.43. The number of unbranched alkanes of at least 4 members (excludes halogenated alkanes) is 1. The molecule has 1 aliphatic rings. The smallest absolute Gasteiger partial charge is 0.322 e. The fourth-order valence-electron chi connectivity index (χ4n) is 4.80. The topological polar surface area (TPSA) is 98.7 Å². The van der Waals surface area contributed by atoms with Crippen molar-refractivity contribution in [3.05, 3.63) is 101 Å². The summed E-state index contributed by atoms with van der Waals surface area (Å²) in [6.07, 6.45) is 4.79. The maximum Gasteiger partial charge on any atom is 0.322 e. The molecule has 0 fully saturated rings. The van der Waals surface area contributed by atoms with Gasteiger partial charge in [-0.05, 0) is 72.2 Å². The standard InChI is InChI=1S/C31H35N3O4/c1-2-3-6-22-11-15-27(16-12-22)33-31(38)34(28-19-25-7-4-5-8-26(25)20-28)21-23-9-13-24(14-10-23)30(37)32-18-17-29(35)36/h4-5,7-16,28H,2-3,6,17-21H2,1H3,(H,32,37)(H,33,38)(H,35,36). The number of hydrogen-bond donors (Lipinski definition) is 3. The van der Waals surface area contributed by atoms with Gasteiger partial charge in [0.25, 0.3) is 5.91 Å². The van der Waals surface area contributed by atoms with Crippen LogP contribution >= 0.6 is 0 Å². The van der Waals surface area contributed by atoms with Gasteiger partial charge in [-0.1, -0.05) is 61.9 Å². The normalized spacial score (nSPS) is 12.6. The summed E-state index contributed by atoms with van der Waals surface area (Å²) < 4.78 is 0. The largest absolute Gasteiger partial charge is 0.481 e. The average Bonchev–Trinajstić information content (AvgIpc) is 3.35. The highest BCUT2D eigenvalue weighted by molar-refractivity contribution is 5.94. The van der Waals surface area contributed by atoms with E-state index in [1.54, 1.807) is 12.1 Å². The van der Waals surface area contributed by atoms with Gasteiger partial charge in [-0.2, -0.15) is 0 Å². The Hall–Kier alpha value is -4.13. The molecule has 0 radical (unpaired) electrons. The number of urea groups is 1. The van der Waals surface area contributed by atoms with Gasteiger partial charge in [-0.15, -0.1) is 0 Å². The van der Waals surface area contributed by atoms with Crippen LogP contribution in [0.15, 0.2) is 72.8 Å². The molecular weight excluding hydrogens is 478 g/mol. The van der Waals surface area contributed by atoms with E-state index in [4.69, 9.17) is 5.11 Å². The summed E-state index contributed by atoms with van der Waals surface area (Å²) in [5.41, 5.74) is 5.93. The second-order valence-corrected chi connectivity index (χ2v) is 9.79. The van der Waals surface area contributed by atoms with Gasteiger partial charge in [0.05, 0.1) is 6.42 Å². The third-order valence-electron chi connectivity index (χ3n) is 6.95. The maximum atomic E-state index is 13.6. The van der Waals surface area contributed by atoms with Crippen LogP contribution in [0.25, 0.3) is 0 Å². The van der Waals surface area contributed by atoms with Gasteiger partial charge in [0.2, 0.25) is 0 Å². The van der Waals surface area contributed by atoms with Crippen LogP contribution in [0.3, 0.4) is 0 Å². The van der Waals surface area contributed by atoms with Crippen LogP contribution in [0.4, 0.5) is 10.5 Å². The van der Waals surface area contributed by atoms with E-state index in [1.165, 1.54) is 16.7 Å². The van der Waals surface area contributed by atoms with Crippen LogP contribution in [-0.4, -0.2) is 40.5 Å². The minimum absolute atomic E-state index is 0.0234. The molecule has 1 aliphatic carbocycles. The molecule has 0 heterocycles. The molecule has 7 heteroatoms. The number of nitrogens with one attached hydrogen (secondary N) is 2. The van der Waals surface area contributed by atoms with Crippen molar-refractivity contribution in [3.63, 3.8) is 0 Å². The zero-order valence-corrected chi connectivity index (χ0v) is 21.8. The first-order valence-corrected chi connectivity index (χ1v) is 13.2. The predicted octanol–water partition coefficient (Wildman–Crippen LogP) is 5.44. The molecule has 0 saturated heterocycles. The van der Waals surface area contributed by atoms with Crippen molar-refractivity contribution in [1.29, 1.82) is 0 Å². The molecule has 0 spiro atoms. The van der Waals surface area contributed by atoms with Crippen molar-refractivity contribution in [2.45, 2.75) is 58.0 Å². The Morgan fingerprint density at radius 1 is 0.895 bits per heavy atom. The van der Waals surface area contributed by atoms with Gasteiger partial charge in [-0.25, -0.2) is 4.79 Å². The molecule has 0 unspecified atom stereocenters. The van der Waals surface area contributed by atoms with Crippen molar-refractivity contribution in [1.82, 2.24) is 10.2 Å². The van der Waals surface area contributed by atoms with Gasteiger partial charge < -0.3 is 20.6 Å². The zero-order chi connectivity index (χ0) is 26.9. The van der Waals surface area contributed by atoms with Gasteiger partial charge in [0, 0.05) is 30.4 Å². The van der Waals surface area contributed by atoms with E-state index in [-0.39, 0.29) is 30.9 Å². The Balaban J connectivity index is 1.46. The Labute approximate surface area is 223 Å². The molecule has 0 bridgehead atoms. The lowest BCUT2D eigenvalue weighted by molar-refractivity contribution is -0.136. The highest BCUT2D eigenvalue weighted by atomic mass is 16.4. The van der Waals surface area contributed by atoms with Crippen LogP contribution in [0, 0.1) is 0 Å². The molecule has 0 saturated carbocycles. The summed E-state index contributed by atoms with van der Waals surface area (Å²) in [4.78, 5) is 38.4. The summed E-state index contributed by atoms with van der Waals surface area (Å²) in [6.45, 7) is 2.65. The van der Waals surface area contributed by atoms with Gasteiger partial charge in [0.15, 0.2) is 0 Å². The molecule has 7 nitrogen and oxygen atoms in total. The number of amides is 3. The van der Waals surface area contributed by atoms with Gasteiger partial charge in [0.1, 0.15) is 0 Å². The first-order valence-electron chi connectivity index (χ1n) is 13.2. The fourth-order valence-corrected chi connectivity index (χ4v) is 4.80. The van der Waals surface area contributed by atoms with E-state index in [0.717, 1.165) is 43.4 Å². The number of carboxylic acid groups (broad SMARTS) is 1. The Bertz CT molecular complexity index is 1230. The first-order chi connectivity index (χ1) is 18.4. The van der Waals surface area contributed by atoms with E-state index in [9.17, 15) is 14.4 Å². The second kappa shape index (κ2) is 12.9. The van der Waals surface area contributed by atoms with E-state index in [0.29, 0.717) is 12.1 Å². The maximum absolute atomic E-state index is 13.6. The first kappa shape index (κ1) is 26.9. The highest BCUT2D eigenvalue weighted by Crippen LogP contribution is 2.27. The van der Waals surface area contributed by atoms with Crippen molar-refractivity contribution in [3.8, 4) is 0 Å². The van der Waals surface area contributed by atoms with E-state index < -0.39 is 5.97 Å². The summed E-state index contributed by atoms with van der Waals surface area (Å²) in [5, 5.41) is 14.5. The number of hydrogen-bond acceptors (Lipinski definition) is 3. The number of carboxylic acids is 1. The minimum atomic E-state index is -0.958. The van der Waals surface area contributed by atoms with Crippen molar-refractivity contribution in [2.24, 2.45) is 0 Å². The predicted molar refractivity (Wildman–Crippen MR) is 148 cm³/mol. The molecule has 3 N–H and O–H groups in total.